The molecule has 0 amide bonds. The van der Waals surface area contributed by atoms with Gasteiger partial charge in [-0.25, -0.2) is 4.79 Å². The van der Waals surface area contributed by atoms with E-state index in [0.29, 0.717) is 10.9 Å². The molecule has 2 aromatic carbocycles. The highest BCUT2D eigenvalue weighted by Gasteiger charge is 2.63. The summed E-state index contributed by atoms with van der Waals surface area (Å²) in [5, 5.41) is 5.10. The van der Waals surface area contributed by atoms with Gasteiger partial charge >= 0.3 is 5.97 Å². The number of halogens is 2. The molecule has 2 bridgehead atoms. The molecular formula is C25H23Cl2NO4. The summed E-state index contributed by atoms with van der Waals surface area (Å²) in [7, 11) is 0. The number of carbonyl (C=O) groups is 1. The molecule has 0 aromatic heterocycles. The van der Waals surface area contributed by atoms with Gasteiger partial charge in [0.15, 0.2) is 11.5 Å². The molecule has 2 saturated carbocycles. The van der Waals surface area contributed by atoms with Crippen LogP contribution in [0, 0.1) is 16.7 Å². The number of rotatable bonds is 3. The van der Waals surface area contributed by atoms with Crippen LogP contribution in [0.15, 0.2) is 47.1 Å². The molecule has 1 heterocycles. The lowest BCUT2D eigenvalue weighted by Crippen LogP contribution is -2.33. The van der Waals surface area contributed by atoms with E-state index in [4.69, 9.17) is 37.5 Å². The lowest BCUT2D eigenvalue weighted by molar-refractivity contribution is 0.0509. The molecule has 2 aromatic rings. The highest BCUT2D eigenvalue weighted by Crippen LogP contribution is 2.66. The van der Waals surface area contributed by atoms with Crippen molar-refractivity contribution in [2.24, 2.45) is 21.9 Å². The molecule has 7 heteroatoms. The maximum absolute atomic E-state index is 12.7. The van der Waals surface area contributed by atoms with Crippen molar-refractivity contribution in [3.8, 4) is 11.5 Å². The van der Waals surface area contributed by atoms with Gasteiger partial charge in [-0.2, -0.15) is 0 Å². The standard InChI is InChI=1S/C25H23Cl2NO4/c1-24(2)18-8-9-25(24,3)22(28-32-23(29)16-6-5-15(26)12-19(16)27)17(18)10-14-4-7-20-21(11-14)31-13-30-20/h4-7,10-12,18H,8-9,13H2,1-3H3/b17-10+,28-22-. The zero-order chi connectivity index (χ0) is 22.7. The van der Waals surface area contributed by atoms with Crippen molar-refractivity contribution < 1.29 is 19.1 Å². The van der Waals surface area contributed by atoms with Crippen LogP contribution in [-0.2, 0) is 4.84 Å². The van der Waals surface area contributed by atoms with Gasteiger partial charge in [-0.05, 0) is 71.7 Å². The van der Waals surface area contributed by atoms with Crippen LogP contribution in [0.3, 0.4) is 0 Å². The second-order valence-electron chi connectivity index (χ2n) is 9.30. The number of hydrogen-bond donors (Lipinski definition) is 0. The summed E-state index contributed by atoms with van der Waals surface area (Å²) in [5.74, 6) is 1.19. The quantitative estimate of drug-likeness (QED) is 0.365. The molecule has 2 fully saturated rings. The second-order valence-corrected chi connectivity index (χ2v) is 10.1. The molecule has 2 atom stereocenters. The predicted molar refractivity (Wildman–Crippen MR) is 124 cm³/mol. The fourth-order valence-corrected chi connectivity index (χ4v) is 5.73. The van der Waals surface area contributed by atoms with Gasteiger partial charge in [-0.1, -0.05) is 55.2 Å². The minimum atomic E-state index is -0.606. The van der Waals surface area contributed by atoms with Gasteiger partial charge in [-0.3, -0.25) is 0 Å². The van der Waals surface area contributed by atoms with Crippen molar-refractivity contribution in [2.75, 3.05) is 6.79 Å². The lowest BCUT2D eigenvalue weighted by Gasteiger charge is -2.33. The predicted octanol–water partition coefficient (Wildman–Crippen LogP) is 6.77. The third kappa shape index (κ3) is 3.22. The average Bonchev–Trinajstić information content (AvgIpc) is 3.33. The third-order valence-electron chi connectivity index (χ3n) is 7.49. The molecule has 2 aliphatic carbocycles. The minimum absolute atomic E-state index is 0.0155. The first kappa shape index (κ1) is 21.4. The molecule has 0 radical (unpaired) electrons. The Balaban J connectivity index is 1.51. The molecule has 0 N–H and O–H groups in total. The maximum Gasteiger partial charge on any atom is 0.367 e. The van der Waals surface area contributed by atoms with E-state index in [2.05, 4.69) is 32.0 Å². The van der Waals surface area contributed by atoms with Gasteiger partial charge in [0.1, 0.15) is 0 Å². The molecule has 1 aliphatic heterocycles. The van der Waals surface area contributed by atoms with Gasteiger partial charge in [-0.15, -0.1) is 0 Å². The van der Waals surface area contributed by atoms with Crippen molar-refractivity contribution in [1.29, 1.82) is 0 Å². The zero-order valence-electron chi connectivity index (χ0n) is 18.1. The van der Waals surface area contributed by atoms with Gasteiger partial charge in [0, 0.05) is 10.4 Å². The first-order valence-electron chi connectivity index (χ1n) is 10.6. The molecule has 0 spiro atoms. The van der Waals surface area contributed by atoms with Crippen LogP contribution in [0.1, 0.15) is 49.5 Å². The van der Waals surface area contributed by atoms with Crippen LogP contribution in [0.4, 0.5) is 0 Å². The van der Waals surface area contributed by atoms with E-state index in [1.807, 2.05) is 18.2 Å². The molecule has 0 saturated heterocycles. The van der Waals surface area contributed by atoms with Crippen LogP contribution in [-0.4, -0.2) is 18.5 Å². The molecule has 5 nitrogen and oxygen atoms in total. The van der Waals surface area contributed by atoms with Crippen molar-refractivity contribution in [1.82, 2.24) is 0 Å². The Morgan fingerprint density at radius 1 is 1.12 bits per heavy atom. The largest absolute Gasteiger partial charge is 0.454 e. The molecule has 2 unspecified atom stereocenters. The Morgan fingerprint density at radius 2 is 1.91 bits per heavy atom. The van der Waals surface area contributed by atoms with Crippen LogP contribution in [0.5, 0.6) is 11.5 Å². The number of allylic oxidation sites excluding steroid dienone is 1. The monoisotopic (exact) mass is 471 g/mol. The molecule has 32 heavy (non-hydrogen) atoms. The normalized spacial score (nSPS) is 27.3. The first-order valence-corrected chi connectivity index (χ1v) is 11.3. The van der Waals surface area contributed by atoms with Gasteiger partial charge in [0.05, 0.1) is 16.3 Å². The number of hydrogen-bond acceptors (Lipinski definition) is 5. The van der Waals surface area contributed by atoms with Gasteiger partial charge in [0.2, 0.25) is 6.79 Å². The lowest BCUT2D eigenvalue weighted by atomic mass is 9.70. The summed E-state index contributed by atoms with van der Waals surface area (Å²) < 4.78 is 11.0. The number of fused-ring (bicyclic) bond motifs is 3. The van der Waals surface area contributed by atoms with Crippen LogP contribution >= 0.6 is 23.2 Å². The van der Waals surface area contributed by atoms with Crippen LogP contribution in [0.2, 0.25) is 10.0 Å². The Hall–Kier alpha value is -2.50. The van der Waals surface area contributed by atoms with Crippen LogP contribution < -0.4 is 9.47 Å². The van der Waals surface area contributed by atoms with Crippen molar-refractivity contribution in [2.45, 2.75) is 33.6 Å². The van der Waals surface area contributed by atoms with Crippen LogP contribution in [0.25, 0.3) is 6.08 Å². The SMILES string of the molecule is CC12CCC(C(=C\c3ccc4c(c3)OCO4)/C1=N/OC(=O)c1ccc(Cl)cc1Cl)C2(C)C. The molecule has 3 aliphatic rings. The van der Waals surface area contributed by atoms with E-state index in [-0.39, 0.29) is 28.2 Å². The highest BCUT2D eigenvalue weighted by atomic mass is 35.5. The maximum atomic E-state index is 12.7. The topological polar surface area (TPSA) is 57.1 Å². The highest BCUT2D eigenvalue weighted by molar-refractivity contribution is 6.36. The van der Waals surface area contributed by atoms with E-state index in [1.165, 1.54) is 6.07 Å². The second kappa shape index (κ2) is 7.53. The zero-order valence-corrected chi connectivity index (χ0v) is 19.6. The fourth-order valence-electron chi connectivity index (χ4n) is 5.25. The fraction of sp³-hybridized carbons (Fsp3) is 0.360. The minimum Gasteiger partial charge on any atom is -0.454 e. The van der Waals surface area contributed by atoms with E-state index in [0.717, 1.165) is 41.2 Å². The molecule has 5 rings (SSSR count). The summed E-state index contributed by atoms with van der Waals surface area (Å²) >= 11 is 12.1. The van der Waals surface area contributed by atoms with Crippen molar-refractivity contribution >= 4 is 41.0 Å². The first-order chi connectivity index (χ1) is 15.2. The van der Waals surface area contributed by atoms with Gasteiger partial charge in [0.25, 0.3) is 0 Å². The number of carbonyl (C=O) groups excluding carboxylic acids is 1. The summed E-state index contributed by atoms with van der Waals surface area (Å²) in [4.78, 5) is 18.1. The molecular weight excluding hydrogens is 449 g/mol. The van der Waals surface area contributed by atoms with Gasteiger partial charge < -0.3 is 14.3 Å². The number of benzene rings is 2. The summed E-state index contributed by atoms with van der Waals surface area (Å²) in [6, 6.07) is 10.5. The van der Waals surface area contributed by atoms with E-state index in [1.54, 1.807) is 12.1 Å². The van der Waals surface area contributed by atoms with E-state index >= 15 is 0 Å². The Morgan fingerprint density at radius 3 is 2.69 bits per heavy atom. The summed E-state index contributed by atoms with van der Waals surface area (Å²) in [5.41, 5.74) is 2.92. The smallest absolute Gasteiger partial charge is 0.367 e. The average molecular weight is 472 g/mol. The summed E-state index contributed by atoms with van der Waals surface area (Å²) in [6.45, 7) is 6.96. The Kier molecular flexibility index (Phi) is 5.02. The van der Waals surface area contributed by atoms with E-state index in [9.17, 15) is 4.79 Å². The number of nitrogens with zero attached hydrogens (tertiary/aromatic N) is 1. The van der Waals surface area contributed by atoms with Crippen molar-refractivity contribution in [3.05, 3.63) is 63.1 Å². The number of ether oxygens (including phenoxy) is 2. The summed E-state index contributed by atoms with van der Waals surface area (Å²) in [6.07, 6.45) is 4.18. The van der Waals surface area contributed by atoms with E-state index < -0.39 is 5.97 Å². The molecule has 166 valence electrons. The Bertz CT molecular complexity index is 1190. The third-order valence-corrected chi connectivity index (χ3v) is 8.04. The Labute approximate surface area is 196 Å². The van der Waals surface area contributed by atoms with Crippen molar-refractivity contribution in [3.63, 3.8) is 0 Å². The number of oxime groups is 1.